The van der Waals surface area contributed by atoms with Crippen LogP contribution >= 0.6 is 0 Å². The van der Waals surface area contributed by atoms with Crippen LogP contribution in [0.1, 0.15) is 31.7 Å². The molecule has 1 saturated heterocycles. The van der Waals surface area contributed by atoms with Crippen LogP contribution in [0, 0.1) is 22.7 Å². The van der Waals surface area contributed by atoms with E-state index in [9.17, 15) is 10.1 Å². The first-order chi connectivity index (χ1) is 12.7. The molecule has 2 fully saturated rings. The second kappa shape index (κ2) is 6.41. The van der Waals surface area contributed by atoms with Crippen LogP contribution in [0.4, 0.5) is 17.3 Å². The average Bonchev–Trinajstić information content (AvgIpc) is 3.46. The Kier molecular flexibility index (Phi) is 4.08. The summed E-state index contributed by atoms with van der Waals surface area (Å²) in [4.78, 5) is 23.3. The average molecular weight is 347 g/mol. The first-order valence-corrected chi connectivity index (χ1v) is 9.07. The lowest BCUT2D eigenvalue weighted by molar-refractivity contribution is -0.123. The number of hydrogen-bond donors (Lipinski definition) is 1. The molecule has 132 valence electrons. The first-order valence-electron chi connectivity index (χ1n) is 9.07. The van der Waals surface area contributed by atoms with Crippen LogP contribution in [0.15, 0.2) is 36.7 Å². The Balaban J connectivity index is 1.56. The van der Waals surface area contributed by atoms with Crippen molar-refractivity contribution >= 4 is 23.2 Å². The van der Waals surface area contributed by atoms with Crippen molar-refractivity contribution in [2.24, 2.45) is 11.3 Å². The molecule has 0 aromatic carbocycles. The molecular formula is C20H21N5O. The molecule has 1 aliphatic heterocycles. The van der Waals surface area contributed by atoms with Crippen LogP contribution in [0.25, 0.3) is 0 Å². The van der Waals surface area contributed by atoms with E-state index < -0.39 is 5.41 Å². The van der Waals surface area contributed by atoms with Crippen molar-refractivity contribution in [1.82, 2.24) is 9.97 Å². The number of carbonyl (C=O) groups excluding carboxylic acids is 1. The summed E-state index contributed by atoms with van der Waals surface area (Å²) in [5.41, 5.74) is 1.14. The molecule has 0 bridgehead atoms. The Bertz CT molecular complexity index is 886. The van der Waals surface area contributed by atoms with Gasteiger partial charge in [-0.1, -0.05) is 6.92 Å². The van der Waals surface area contributed by atoms with Gasteiger partial charge in [0.2, 0.25) is 5.91 Å². The highest BCUT2D eigenvalue weighted by atomic mass is 16.2. The molecule has 2 aliphatic rings. The van der Waals surface area contributed by atoms with Crippen molar-refractivity contribution in [3.63, 3.8) is 0 Å². The standard InChI is InChI=1S/C20H21N5O/c1-2-14-5-8-22-17(11-14)24-18-12-16(6-9-23-18)25-10-7-20(13-21,19(25)26)15-3-4-15/h5-6,8-9,11-12,15H,2-4,7,10H2,1H3,(H,22,23,24)/t20-/m1/s1. The number of rotatable bonds is 5. The number of amides is 1. The monoisotopic (exact) mass is 347 g/mol. The van der Waals surface area contributed by atoms with E-state index in [0.717, 1.165) is 30.8 Å². The number of pyridine rings is 2. The summed E-state index contributed by atoms with van der Waals surface area (Å²) < 4.78 is 0. The molecule has 1 saturated carbocycles. The van der Waals surface area contributed by atoms with Crippen LogP contribution in [-0.4, -0.2) is 22.4 Å². The molecule has 0 spiro atoms. The van der Waals surface area contributed by atoms with Crippen molar-refractivity contribution in [3.05, 3.63) is 42.2 Å². The normalized spacial score (nSPS) is 22.3. The molecule has 6 heteroatoms. The number of hydrogen-bond acceptors (Lipinski definition) is 5. The van der Waals surface area contributed by atoms with Gasteiger partial charge in [-0.15, -0.1) is 0 Å². The minimum atomic E-state index is -0.826. The topological polar surface area (TPSA) is 81.9 Å². The van der Waals surface area contributed by atoms with Gasteiger partial charge in [0.25, 0.3) is 0 Å². The maximum atomic E-state index is 12.9. The fourth-order valence-electron chi connectivity index (χ4n) is 3.68. The summed E-state index contributed by atoms with van der Waals surface area (Å²) in [6, 6.07) is 9.96. The second-order valence-corrected chi connectivity index (χ2v) is 6.99. The van der Waals surface area contributed by atoms with Crippen molar-refractivity contribution in [1.29, 1.82) is 5.26 Å². The van der Waals surface area contributed by atoms with Gasteiger partial charge in [0.1, 0.15) is 17.1 Å². The van der Waals surface area contributed by atoms with Gasteiger partial charge in [-0.3, -0.25) is 4.79 Å². The van der Waals surface area contributed by atoms with Gasteiger partial charge in [-0.2, -0.15) is 5.26 Å². The van der Waals surface area contributed by atoms with Crippen LogP contribution < -0.4 is 10.2 Å². The van der Waals surface area contributed by atoms with Gasteiger partial charge in [0.05, 0.1) is 6.07 Å². The van der Waals surface area contributed by atoms with Gasteiger partial charge in [0.15, 0.2) is 0 Å². The lowest BCUT2D eigenvalue weighted by Crippen LogP contribution is -2.35. The predicted molar refractivity (Wildman–Crippen MR) is 98.9 cm³/mol. The van der Waals surface area contributed by atoms with E-state index in [0.29, 0.717) is 18.8 Å². The van der Waals surface area contributed by atoms with Gasteiger partial charge in [-0.05, 0) is 55.4 Å². The summed E-state index contributed by atoms with van der Waals surface area (Å²) in [5, 5.41) is 12.8. The molecule has 1 atom stereocenters. The lowest BCUT2D eigenvalue weighted by Gasteiger charge is -2.21. The van der Waals surface area contributed by atoms with E-state index in [1.165, 1.54) is 5.56 Å². The Labute approximate surface area is 152 Å². The zero-order chi connectivity index (χ0) is 18.1. The first kappa shape index (κ1) is 16.5. The fraction of sp³-hybridized carbons (Fsp3) is 0.400. The fourth-order valence-corrected chi connectivity index (χ4v) is 3.68. The highest BCUT2D eigenvalue weighted by Crippen LogP contribution is 2.51. The second-order valence-electron chi connectivity index (χ2n) is 6.99. The Morgan fingerprint density at radius 2 is 2.00 bits per heavy atom. The minimum Gasteiger partial charge on any atom is -0.325 e. The zero-order valence-electron chi connectivity index (χ0n) is 14.8. The largest absolute Gasteiger partial charge is 0.325 e. The summed E-state index contributed by atoms with van der Waals surface area (Å²) in [5.74, 6) is 1.53. The van der Waals surface area contributed by atoms with Gasteiger partial charge in [0, 0.05) is 30.7 Å². The third-order valence-electron chi connectivity index (χ3n) is 5.37. The van der Waals surface area contributed by atoms with Gasteiger partial charge >= 0.3 is 0 Å². The van der Waals surface area contributed by atoms with Crippen LogP contribution in [0.3, 0.4) is 0 Å². The number of nitrogens with zero attached hydrogens (tertiary/aromatic N) is 4. The third-order valence-corrected chi connectivity index (χ3v) is 5.37. The van der Waals surface area contributed by atoms with Gasteiger partial charge < -0.3 is 10.2 Å². The zero-order valence-corrected chi connectivity index (χ0v) is 14.8. The number of aryl methyl sites for hydroxylation is 1. The number of nitriles is 1. The highest BCUT2D eigenvalue weighted by molar-refractivity contribution is 6.02. The Morgan fingerprint density at radius 3 is 2.69 bits per heavy atom. The minimum absolute atomic E-state index is 0.0641. The smallest absolute Gasteiger partial charge is 0.247 e. The number of aromatic nitrogens is 2. The van der Waals surface area contributed by atoms with Crippen LogP contribution in [0.2, 0.25) is 0 Å². The number of nitrogens with one attached hydrogen (secondary N) is 1. The quantitative estimate of drug-likeness (QED) is 0.896. The van der Waals surface area contributed by atoms with Crippen molar-refractivity contribution in [3.8, 4) is 6.07 Å². The van der Waals surface area contributed by atoms with E-state index in [-0.39, 0.29) is 11.8 Å². The Morgan fingerprint density at radius 1 is 1.27 bits per heavy atom. The lowest BCUT2D eigenvalue weighted by atomic mass is 9.83. The molecule has 3 heterocycles. The van der Waals surface area contributed by atoms with E-state index in [1.54, 1.807) is 17.3 Å². The molecule has 1 amide bonds. The maximum absolute atomic E-state index is 12.9. The molecule has 4 rings (SSSR count). The van der Waals surface area contributed by atoms with E-state index in [2.05, 4.69) is 28.3 Å². The number of anilines is 3. The molecule has 2 aromatic rings. The SMILES string of the molecule is CCc1ccnc(Nc2cc(N3CC[C@@](C#N)(C4CC4)C3=O)ccn2)c1. The molecule has 0 radical (unpaired) electrons. The van der Waals surface area contributed by atoms with E-state index in [4.69, 9.17) is 0 Å². The number of carbonyl (C=O) groups is 1. The van der Waals surface area contributed by atoms with Crippen LogP contribution in [0.5, 0.6) is 0 Å². The molecule has 2 aromatic heterocycles. The van der Waals surface area contributed by atoms with Crippen molar-refractivity contribution < 1.29 is 4.79 Å². The van der Waals surface area contributed by atoms with Crippen molar-refractivity contribution in [2.45, 2.75) is 32.6 Å². The highest BCUT2D eigenvalue weighted by Gasteiger charge is 2.56. The molecule has 0 unspecified atom stereocenters. The summed E-state index contributed by atoms with van der Waals surface area (Å²) in [7, 11) is 0. The van der Waals surface area contributed by atoms with E-state index >= 15 is 0 Å². The summed E-state index contributed by atoms with van der Waals surface area (Å²) in [6.45, 7) is 2.67. The summed E-state index contributed by atoms with van der Waals surface area (Å²) >= 11 is 0. The van der Waals surface area contributed by atoms with Crippen molar-refractivity contribution in [2.75, 3.05) is 16.8 Å². The predicted octanol–water partition coefficient (Wildman–Crippen LogP) is 3.44. The van der Waals surface area contributed by atoms with E-state index in [1.807, 2.05) is 24.3 Å². The molecular weight excluding hydrogens is 326 g/mol. The molecule has 6 nitrogen and oxygen atoms in total. The molecule has 26 heavy (non-hydrogen) atoms. The molecule has 1 N–H and O–H groups in total. The molecule has 1 aliphatic carbocycles. The maximum Gasteiger partial charge on any atom is 0.247 e. The van der Waals surface area contributed by atoms with Crippen LogP contribution in [-0.2, 0) is 11.2 Å². The third kappa shape index (κ3) is 2.80. The van der Waals surface area contributed by atoms with Gasteiger partial charge in [-0.25, -0.2) is 9.97 Å². The Hall–Kier alpha value is -2.94. The summed E-state index contributed by atoms with van der Waals surface area (Å²) in [6.07, 6.45) is 6.96.